The highest BCUT2D eigenvalue weighted by atomic mass is 32.1. The molecule has 0 fully saturated rings. The number of hydrogen-bond acceptors (Lipinski definition) is 27. The topological polar surface area (TPSA) is 672 Å². The van der Waals surface area contributed by atoms with E-state index >= 15 is 8.78 Å². The van der Waals surface area contributed by atoms with Crippen molar-refractivity contribution < 1.29 is 133 Å². The van der Waals surface area contributed by atoms with E-state index in [0.29, 0.717) is 42.4 Å². The zero-order valence-electron chi connectivity index (χ0n) is 63.8. The van der Waals surface area contributed by atoms with Crippen molar-refractivity contribution in [2.24, 2.45) is 11.5 Å². The van der Waals surface area contributed by atoms with Crippen LogP contribution in [0.5, 0.6) is 0 Å². The first-order chi connectivity index (χ1) is 55.3. The van der Waals surface area contributed by atoms with Gasteiger partial charge in [-0.05, 0) is 74.3 Å². The Morgan fingerprint density at radius 2 is 0.974 bits per heavy atom. The minimum atomic E-state index is -2.14. The molecule has 117 heavy (non-hydrogen) atoms. The van der Waals surface area contributed by atoms with Crippen molar-refractivity contribution in [1.29, 1.82) is 0 Å². The number of carboxylic acid groups (broad SMARTS) is 3. The maximum Gasteiger partial charge on any atom is 0.331 e. The number of carbonyl (C=O) groups excluding carboxylic acids is 9. The summed E-state index contributed by atoms with van der Waals surface area (Å²) in [5, 5.41) is 148. The lowest BCUT2D eigenvalue weighted by atomic mass is 10.00. The van der Waals surface area contributed by atoms with Crippen molar-refractivity contribution in [3.05, 3.63) is 128 Å². The second-order valence-corrected chi connectivity index (χ2v) is 27.9. The van der Waals surface area contributed by atoms with Gasteiger partial charge in [0, 0.05) is 81.3 Å². The number of carboxylic acids is 3. The van der Waals surface area contributed by atoms with Crippen LogP contribution in [0.1, 0.15) is 118 Å². The number of aliphatic hydroxyl groups is 10. The van der Waals surface area contributed by atoms with Crippen LogP contribution in [0.4, 0.5) is 8.78 Å². The summed E-state index contributed by atoms with van der Waals surface area (Å²) < 4.78 is 32.1. The highest BCUT2D eigenvalue weighted by molar-refractivity contribution is 7.80. The molecule has 648 valence electrons. The zero-order chi connectivity index (χ0) is 87.3. The van der Waals surface area contributed by atoms with Crippen LogP contribution in [0.15, 0.2) is 82.4 Å². The van der Waals surface area contributed by atoms with Crippen LogP contribution >= 0.6 is 12.6 Å². The van der Waals surface area contributed by atoms with Crippen molar-refractivity contribution in [1.82, 2.24) is 57.0 Å². The smallest absolute Gasteiger partial charge is 0.331 e. The molecule has 9 amide bonds. The Morgan fingerprint density at radius 1 is 0.487 bits per heavy atom. The number of aryl methyl sites for hydroxylation is 1. The number of halogens is 2. The van der Waals surface area contributed by atoms with Crippen LogP contribution in [-0.2, 0) is 77.0 Å². The molecule has 0 aliphatic heterocycles. The van der Waals surface area contributed by atoms with Gasteiger partial charge in [-0.2, -0.15) is 12.6 Å². The van der Waals surface area contributed by atoms with E-state index in [1.807, 2.05) is 10.6 Å². The number of nitrogens with zero attached hydrogens (tertiary/aromatic N) is 2. The predicted octanol–water partition coefficient (Wildman–Crippen LogP) is -6.71. The third-order valence-corrected chi connectivity index (χ3v) is 19.0. The zero-order valence-corrected chi connectivity index (χ0v) is 64.7. The lowest BCUT2D eigenvalue weighted by molar-refractivity contribution is -0.143. The van der Waals surface area contributed by atoms with Crippen molar-refractivity contribution in [3.63, 3.8) is 0 Å². The van der Waals surface area contributed by atoms with Gasteiger partial charge in [0.1, 0.15) is 84.5 Å². The van der Waals surface area contributed by atoms with Gasteiger partial charge in [0.25, 0.3) is 5.56 Å². The number of aliphatic carboxylic acids is 3. The molecule has 0 bridgehead atoms. The molecule has 0 aliphatic rings. The molecule has 0 saturated carbocycles. The molecule has 4 rings (SSSR count). The van der Waals surface area contributed by atoms with Crippen molar-refractivity contribution in [2.75, 3.05) is 45.1 Å². The van der Waals surface area contributed by atoms with Gasteiger partial charge >= 0.3 is 23.6 Å². The van der Waals surface area contributed by atoms with Gasteiger partial charge in [-0.25, -0.2) is 18.4 Å². The van der Waals surface area contributed by atoms with Crippen molar-refractivity contribution in [3.8, 4) is 11.1 Å². The monoisotopic (exact) mass is 1680 g/mol. The number of nitrogens with one attached hydrogen (secondary N) is 9. The average Bonchev–Trinajstić information content (AvgIpc) is 0.759. The number of aromatic nitrogens is 2. The molecule has 1 aromatic heterocycles. The maximum absolute atomic E-state index is 15.0. The molecule has 0 radical (unpaired) electrons. The van der Waals surface area contributed by atoms with E-state index in [1.54, 1.807) is 54.6 Å². The number of nitrogens with two attached hydrogens (primary N) is 2. The van der Waals surface area contributed by atoms with Gasteiger partial charge in [-0.1, -0.05) is 79.9 Å². The molecule has 4 aromatic rings. The van der Waals surface area contributed by atoms with Gasteiger partial charge in [0.05, 0.1) is 50.5 Å². The Balaban J connectivity index is 1.48. The van der Waals surface area contributed by atoms with Crippen LogP contribution < -0.4 is 70.6 Å². The van der Waals surface area contributed by atoms with Gasteiger partial charge in [-0.3, -0.25) is 66.7 Å². The van der Waals surface area contributed by atoms with E-state index in [4.69, 9.17) is 21.7 Å². The Bertz CT molecular complexity index is 4110. The Hall–Kier alpha value is -10.3. The second kappa shape index (κ2) is 50.4. The minimum absolute atomic E-state index is 0.00439. The first-order valence-electron chi connectivity index (χ1n) is 37.3. The van der Waals surface area contributed by atoms with Crippen LogP contribution in [-0.4, -0.2) is 277 Å². The van der Waals surface area contributed by atoms with E-state index in [-0.39, 0.29) is 55.9 Å². The fraction of sp³-hybridized carbons (Fsp3) is 0.541. The van der Waals surface area contributed by atoms with Gasteiger partial charge in [0.2, 0.25) is 53.2 Å². The molecule has 1 heterocycles. The highest BCUT2D eigenvalue weighted by Gasteiger charge is 2.36. The summed E-state index contributed by atoms with van der Waals surface area (Å²) in [7, 11) is 0. The standard InChI is InChI=1S/C74H105F2N13O27S/c1-38-62(72(113)89(34-46(78)40-13-6-5-7-14-40)74(116)88(38)33-42-43(75)16-11-17-44(42)76)41-15-10-12-39(28-41)19-23-56(96)79-27-9-4-2-3-8-18-59(99)83-48(21-25-58(98)81-32-53(93)64(105)66(107)55(95)36-91)69(110)85-49(22-26-60(100)101)70(111)84-47(20-24-57(97)80-31-52(92)63(104)65(106)54(94)35-90)68(109)82-30-45(77)67(108)86-50(29-61(102)103)71(112)87-51(37-117)73(114)115/h5-7,10-17,28,45-55,63-66,90-95,104-107,117H,2-4,8-9,18-27,29-37,77-78H2,1H3,(H,79,96)(H,80,97)(H,81,98)(H,82,109)(H,83,99)(H,84,111)(H,85,110)(H,86,108)(H,87,112)(H,100,101)(H,102,103)(H,114,115)/t45?,46-,47-,48-,49-,50+,51+,52+,53+,54-,55-,63-,64-,65-,66-/m1/s1. The largest absolute Gasteiger partial charge is 0.481 e. The molecule has 43 heteroatoms. The van der Waals surface area contributed by atoms with Crippen LogP contribution in [0.3, 0.4) is 0 Å². The van der Waals surface area contributed by atoms with Gasteiger partial charge < -0.3 is 126 Å². The van der Waals surface area contributed by atoms with E-state index in [2.05, 4.69) is 49.8 Å². The first-order valence-corrected chi connectivity index (χ1v) is 37.9. The Morgan fingerprint density at radius 3 is 1.51 bits per heavy atom. The normalized spacial score (nSPS) is 15.2. The molecule has 26 N–H and O–H groups in total. The molecule has 3 aromatic carbocycles. The molecule has 0 spiro atoms. The Labute approximate surface area is 673 Å². The third-order valence-electron chi connectivity index (χ3n) is 18.6. The number of rotatable bonds is 54. The number of hydrogen-bond donors (Lipinski definition) is 25. The van der Waals surface area contributed by atoms with Crippen molar-refractivity contribution in [2.45, 2.75) is 207 Å². The van der Waals surface area contributed by atoms with Crippen LogP contribution in [0.25, 0.3) is 11.1 Å². The van der Waals surface area contributed by atoms with E-state index in [9.17, 15) is 123 Å². The molecule has 1 unspecified atom stereocenters. The Kier molecular flexibility index (Phi) is 42.6. The highest BCUT2D eigenvalue weighted by Crippen LogP contribution is 2.24. The van der Waals surface area contributed by atoms with Crippen LogP contribution in [0.2, 0.25) is 0 Å². The molecular formula is C74H105F2N13O27S. The molecule has 0 aliphatic carbocycles. The fourth-order valence-corrected chi connectivity index (χ4v) is 11.9. The average molecular weight is 1680 g/mol. The number of thiol groups is 1. The third kappa shape index (κ3) is 33.0. The lowest BCUT2D eigenvalue weighted by Gasteiger charge is -2.26. The van der Waals surface area contributed by atoms with E-state index < -0.39 is 275 Å². The minimum Gasteiger partial charge on any atom is -0.481 e. The summed E-state index contributed by atoms with van der Waals surface area (Å²) >= 11 is 3.81. The van der Waals surface area contributed by atoms with Crippen molar-refractivity contribution >= 4 is 83.7 Å². The number of carbonyl (C=O) groups is 12. The van der Waals surface area contributed by atoms with Gasteiger partial charge in [-0.15, -0.1) is 0 Å². The number of amides is 9. The first kappa shape index (κ1) is 99.1. The second-order valence-electron chi connectivity index (χ2n) is 27.6. The van der Waals surface area contributed by atoms with E-state index in [0.717, 1.165) is 21.3 Å². The van der Waals surface area contributed by atoms with E-state index in [1.165, 1.54) is 13.0 Å². The van der Waals surface area contributed by atoms with Gasteiger partial charge in [0.15, 0.2) is 0 Å². The summed E-state index contributed by atoms with van der Waals surface area (Å²) in [6, 6.07) is 6.69. The summed E-state index contributed by atoms with van der Waals surface area (Å²) in [4.78, 5) is 185. The molecular weight excluding hydrogens is 1570 g/mol. The summed E-state index contributed by atoms with van der Waals surface area (Å²) in [6.07, 6.45) is -19.7. The quantitative estimate of drug-likeness (QED) is 0.0144. The van der Waals surface area contributed by atoms with Crippen LogP contribution in [0, 0.1) is 18.6 Å². The fourth-order valence-electron chi connectivity index (χ4n) is 11.7. The summed E-state index contributed by atoms with van der Waals surface area (Å²) in [5.74, 6) is -16.6. The molecule has 15 atom stereocenters. The number of aliphatic hydroxyl groups excluding tert-OH is 10. The number of unbranched alkanes of at least 4 members (excludes halogenated alkanes) is 4. The molecule has 0 saturated heterocycles. The number of benzene rings is 3. The SMILES string of the molecule is Cc1c(-c2cccc(CCC(=O)NCCCCCCCC(=O)N[C@H](CCC(=O)NC[C@H](O)[C@@H](O)[C@H](O)[C@H](O)CO)C(=O)N[C@H](CCC(=O)O)C(=O)N[C@H](CCC(=O)NC[C@H](O)[C@@H](O)[C@H](O)[C@H](O)CO)C(=O)NCC(N)C(=O)N[C@@H](CC(=O)O)C(=O)N[C@@H](CS)C(=O)O)c2)c(=O)n(C[C@@H](N)c2ccccc2)c(=O)n1Cc1c(F)cccc1F. The summed E-state index contributed by atoms with van der Waals surface area (Å²) in [6.45, 7) is -3.69. The molecule has 40 nitrogen and oxygen atoms in total. The maximum atomic E-state index is 15.0. The summed E-state index contributed by atoms with van der Waals surface area (Å²) in [5.41, 5.74) is 12.3. The predicted molar refractivity (Wildman–Crippen MR) is 411 cm³/mol. The lowest BCUT2D eigenvalue weighted by Crippen LogP contribution is -2.59.